The van der Waals surface area contributed by atoms with Crippen molar-refractivity contribution < 1.29 is 4.79 Å². The van der Waals surface area contributed by atoms with Gasteiger partial charge in [0.05, 0.1) is 11.4 Å². The zero-order valence-corrected chi connectivity index (χ0v) is 9.84. The Morgan fingerprint density at radius 1 is 1.38 bits per heavy atom. The van der Waals surface area contributed by atoms with Gasteiger partial charge in [0.2, 0.25) is 5.91 Å². The third-order valence-electron chi connectivity index (χ3n) is 3.11. The molecule has 16 heavy (non-hydrogen) atoms. The average molecular weight is 218 g/mol. The van der Waals surface area contributed by atoms with E-state index in [1.165, 1.54) is 12.8 Å². The van der Waals surface area contributed by atoms with Gasteiger partial charge in [-0.3, -0.25) is 4.79 Å². The van der Waals surface area contributed by atoms with Crippen LogP contribution in [0.2, 0.25) is 0 Å². The molecule has 3 N–H and O–H groups in total. The Morgan fingerprint density at radius 2 is 2.00 bits per heavy atom. The van der Waals surface area contributed by atoms with Gasteiger partial charge in [-0.05, 0) is 55.9 Å². The molecular weight excluding hydrogens is 200 g/mol. The van der Waals surface area contributed by atoms with Crippen molar-refractivity contribution in [3.05, 3.63) is 23.3 Å². The average Bonchev–Trinajstić information content (AvgIpc) is 2.98. The van der Waals surface area contributed by atoms with E-state index in [4.69, 9.17) is 5.73 Å². The molecule has 0 bridgehead atoms. The molecule has 1 aromatic rings. The molecule has 0 aromatic heterocycles. The van der Waals surface area contributed by atoms with Crippen LogP contribution in [0.1, 0.15) is 30.4 Å². The number of hydrogen-bond acceptors (Lipinski definition) is 2. The molecule has 0 saturated heterocycles. The van der Waals surface area contributed by atoms with E-state index in [-0.39, 0.29) is 5.91 Å². The molecule has 0 spiro atoms. The zero-order valence-electron chi connectivity index (χ0n) is 9.84. The molecule has 0 aliphatic heterocycles. The Morgan fingerprint density at radius 3 is 2.62 bits per heavy atom. The van der Waals surface area contributed by atoms with Crippen LogP contribution < -0.4 is 11.1 Å². The van der Waals surface area contributed by atoms with E-state index in [2.05, 4.69) is 5.32 Å². The molecule has 0 atom stereocenters. The summed E-state index contributed by atoms with van der Waals surface area (Å²) in [6.45, 7) is 4.03. The van der Waals surface area contributed by atoms with Crippen LogP contribution in [-0.2, 0) is 4.79 Å². The quantitative estimate of drug-likeness (QED) is 0.766. The fraction of sp³-hybridized carbons (Fsp3) is 0.462. The van der Waals surface area contributed by atoms with Crippen molar-refractivity contribution in [3.8, 4) is 0 Å². The summed E-state index contributed by atoms with van der Waals surface area (Å²) >= 11 is 0. The van der Waals surface area contributed by atoms with Crippen molar-refractivity contribution in [1.82, 2.24) is 0 Å². The van der Waals surface area contributed by atoms with Crippen LogP contribution in [0.5, 0.6) is 0 Å². The minimum atomic E-state index is 0.0810. The Hall–Kier alpha value is -1.51. The lowest BCUT2D eigenvalue weighted by molar-refractivity contribution is -0.116. The minimum absolute atomic E-state index is 0.0810. The number of anilines is 2. The number of nitrogens with one attached hydrogen (secondary N) is 1. The summed E-state index contributed by atoms with van der Waals surface area (Å²) in [7, 11) is 0. The van der Waals surface area contributed by atoms with Crippen molar-refractivity contribution in [1.29, 1.82) is 0 Å². The first kappa shape index (κ1) is 11.0. The summed E-state index contributed by atoms with van der Waals surface area (Å²) < 4.78 is 0. The number of nitrogen functional groups attached to an aromatic ring is 1. The second-order valence-electron chi connectivity index (χ2n) is 4.72. The maximum Gasteiger partial charge on any atom is 0.224 e. The predicted octanol–water partition coefficient (Wildman–Crippen LogP) is 2.62. The van der Waals surface area contributed by atoms with Gasteiger partial charge >= 0.3 is 0 Å². The Labute approximate surface area is 96.0 Å². The second kappa shape index (κ2) is 4.16. The highest BCUT2D eigenvalue weighted by molar-refractivity contribution is 5.94. The summed E-state index contributed by atoms with van der Waals surface area (Å²) in [6.07, 6.45) is 3.01. The lowest BCUT2D eigenvalue weighted by atomic mass is 10.1. The third kappa shape index (κ3) is 2.54. The molecule has 2 rings (SSSR count). The van der Waals surface area contributed by atoms with E-state index in [1.54, 1.807) is 0 Å². The van der Waals surface area contributed by atoms with E-state index in [1.807, 2.05) is 26.0 Å². The number of nitrogens with two attached hydrogens (primary N) is 1. The van der Waals surface area contributed by atoms with Crippen molar-refractivity contribution >= 4 is 17.3 Å². The Bertz CT molecular complexity index is 422. The van der Waals surface area contributed by atoms with E-state index >= 15 is 0 Å². The maximum atomic E-state index is 11.6. The van der Waals surface area contributed by atoms with Gasteiger partial charge < -0.3 is 11.1 Å². The summed E-state index contributed by atoms with van der Waals surface area (Å²) in [5.74, 6) is 0.685. The van der Waals surface area contributed by atoms with Crippen LogP contribution in [0.3, 0.4) is 0 Å². The van der Waals surface area contributed by atoms with Crippen molar-refractivity contribution in [2.24, 2.45) is 5.92 Å². The smallest absolute Gasteiger partial charge is 0.224 e. The van der Waals surface area contributed by atoms with Crippen LogP contribution in [-0.4, -0.2) is 5.91 Å². The standard InChI is InChI=1S/C13H18N2O/c1-8-5-11(14)12(6-9(8)2)15-13(16)7-10-3-4-10/h5-6,10H,3-4,7,14H2,1-2H3,(H,15,16). The van der Waals surface area contributed by atoms with Crippen molar-refractivity contribution in [2.75, 3.05) is 11.1 Å². The van der Waals surface area contributed by atoms with Gasteiger partial charge in [-0.2, -0.15) is 0 Å². The number of rotatable bonds is 3. The summed E-state index contributed by atoms with van der Waals surface area (Å²) in [4.78, 5) is 11.6. The van der Waals surface area contributed by atoms with Crippen LogP contribution >= 0.6 is 0 Å². The number of carbonyl (C=O) groups excluding carboxylic acids is 1. The molecular formula is C13H18N2O. The fourth-order valence-electron chi connectivity index (χ4n) is 1.73. The molecule has 1 aliphatic rings. The Kier molecular flexibility index (Phi) is 2.86. The predicted molar refractivity (Wildman–Crippen MR) is 66.3 cm³/mol. The van der Waals surface area contributed by atoms with Gasteiger partial charge in [0.25, 0.3) is 0 Å². The second-order valence-corrected chi connectivity index (χ2v) is 4.72. The molecule has 1 amide bonds. The molecule has 0 heterocycles. The van der Waals surface area contributed by atoms with Crippen molar-refractivity contribution in [2.45, 2.75) is 33.1 Å². The molecule has 3 heteroatoms. The van der Waals surface area contributed by atoms with E-state index in [0.29, 0.717) is 18.0 Å². The molecule has 3 nitrogen and oxygen atoms in total. The van der Waals surface area contributed by atoms with E-state index in [9.17, 15) is 4.79 Å². The molecule has 0 unspecified atom stereocenters. The monoisotopic (exact) mass is 218 g/mol. The highest BCUT2D eigenvalue weighted by Crippen LogP contribution is 2.33. The van der Waals surface area contributed by atoms with Crippen LogP contribution in [0, 0.1) is 19.8 Å². The van der Waals surface area contributed by atoms with E-state index < -0.39 is 0 Å². The minimum Gasteiger partial charge on any atom is -0.397 e. The lowest BCUT2D eigenvalue weighted by Gasteiger charge is -2.10. The SMILES string of the molecule is Cc1cc(N)c(NC(=O)CC2CC2)cc1C. The Balaban J connectivity index is 2.07. The van der Waals surface area contributed by atoms with E-state index in [0.717, 1.165) is 16.8 Å². The largest absolute Gasteiger partial charge is 0.397 e. The summed E-state index contributed by atoms with van der Waals surface area (Å²) in [5.41, 5.74) is 9.56. The van der Waals surface area contributed by atoms with Gasteiger partial charge in [-0.1, -0.05) is 0 Å². The summed E-state index contributed by atoms with van der Waals surface area (Å²) in [5, 5.41) is 2.89. The molecule has 1 saturated carbocycles. The molecule has 86 valence electrons. The topological polar surface area (TPSA) is 55.1 Å². The molecule has 1 fully saturated rings. The highest BCUT2D eigenvalue weighted by Gasteiger charge is 2.24. The first-order valence-corrected chi connectivity index (χ1v) is 5.73. The molecule has 1 aliphatic carbocycles. The summed E-state index contributed by atoms with van der Waals surface area (Å²) in [6, 6.07) is 3.84. The number of aryl methyl sites for hydroxylation is 2. The third-order valence-corrected chi connectivity index (χ3v) is 3.11. The van der Waals surface area contributed by atoms with Crippen molar-refractivity contribution in [3.63, 3.8) is 0 Å². The highest BCUT2D eigenvalue weighted by atomic mass is 16.1. The van der Waals surface area contributed by atoms with Gasteiger partial charge in [-0.15, -0.1) is 0 Å². The molecule has 0 radical (unpaired) electrons. The van der Waals surface area contributed by atoms with Gasteiger partial charge in [0.15, 0.2) is 0 Å². The normalized spacial score (nSPS) is 14.9. The number of amides is 1. The molecule has 1 aromatic carbocycles. The maximum absolute atomic E-state index is 11.6. The number of benzene rings is 1. The number of hydrogen-bond donors (Lipinski definition) is 2. The van der Waals surface area contributed by atoms with Crippen LogP contribution in [0.4, 0.5) is 11.4 Å². The van der Waals surface area contributed by atoms with Crippen LogP contribution in [0.15, 0.2) is 12.1 Å². The van der Waals surface area contributed by atoms with Gasteiger partial charge in [0.1, 0.15) is 0 Å². The fourth-order valence-corrected chi connectivity index (χ4v) is 1.73. The van der Waals surface area contributed by atoms with Gasteiger partial charge in [-0.25, -0.2) is 0 Å². The number of carbonyl (C=O) groups is 1. The van der Waals surface area contributed by atoms with Gasteiger partial charge in [0, 0.05) is 6.42 Å². The lowest BCUT2D eigenvalue weighted by Crippen LogP contribution is -2.13. The zero-order chi connectivity index (χ0) is 11.7. The first-order valence-electron chi connectivity index (χ1n) is 5.73. The van der Waals surface area contributed by atoms with Crippen LogP contribution in [0.25, 0.3) is 0 Å². The first-order chi connectivity index (χ1) is 7.56.